The molecule has 0 spiro atoms. The number of nitrogens with zero attached hydrogens (tertiary/aromatic N) is 3. The van der Waals surface area contributed by atoms with E-state index in [0.717, 1.165) is 15.7 Å². The Morgan fingerprint density at radius 2 is 1.92 bits per heavy atom. The Hall–Kier alpha value is -1.29. The molecule has 4 heteroatoms. The molecule has 2 rings (SSSR count). The van der Waals surface area contributed by atoms with Gasteiger partial charge in [0.05, 0.1) is 11.9 Å². The Morgan fingerprint density at radius 3 is 2.62 bits per heavy atom. The van der Waals surface area contributed by atoms with Gasteiger partial charge in [0.1, 0.15) is 0 Å². The summed E-state index contributed by atoms with van der Waals surface area (Å²) >= 11 is 3.34. The van der Waals surface area contributed by atoms with Crippen LogP contribution in [0.4, 0.5) is 0 Å². The van der Waals surface area contributed by atoms with Crippen molar-refractivity contribution in [3.63, 3.8) is 0 Å². The van der Waals surface area contributed by atoms with Gasteiger partial charge in [-0.15, -0.1) is 0 Å². The molecule has 2 heterocycles. The van der Waals surface area contributed by atoms with Gasteiger partial charge in [-0.3, -0.25) is 4.98 Å². The van der Waals surface area contributed by atoms with E-state index in [0.29, 0.717) is 0 Å². The second-order valence-electron chi connectivity index (χ2n) is 2.49. The van der Waals surface area contributed by atoms with Gasteiger partial charge in [-0.2, -0.15) is 10.2 Å². The predicted molar refractivity (Wildman–Crippen MR) is 53.0 cm³/mol. The highest BCUT2D eigenvalue weighted by molar-refractivity contribution is 9.10. The lowest BCUT2D eigenvalue weighted by Gasteiger charge is -1.97. The quantitative estimate of drug-likeness (QED) is 0.762. The van der Waals surface area contributed by atoms with E-state index in [4.69, 9.17) is 0 Å². The molecule has 64 valence electrons. The molecule has 2 aromatic heterocycles. The first kappa shape index (κ1) is 8.31. The number of hydrogen-bond acceptors (Lipinski definition) is 3. The van der Waals surface area contributed by atoms with E-state index in [9.17, 15) is 0 Å². The van der Waals surface area contributed by atoms with Crippen LogP contribution in [0.2, 0.25) is 0 Å². The Bertz CT molecular complexity index is 403. The van der Waals surface area contributed by atoms with Crippen molar-refractivity contribution in [2.45, 2.75) is 0 Å². The van der Waals surface area contributed by atoms with Crippen LogP contribution in [0.3, 0.4) is 0 Å². The molecule has 0 aliphatic carbocycles. The number of rotatable bonds is 1. The summed E-state index contributed by atoms with van der Waals surface area (Å²) in [5, 5.41) is 7.85. The predicted octanol–water partition coefficient (Wildman–Crippen LogP) is 2.30. The molecule has 3 nitrogen and oxygen atoms in total. The van der Waals surface area contributed by atoms with Gasteiger partial charge >= 0.3 is 0 Å². The maximum Gasteiger partial charge on any atom is 0.0941 e. The minimum Gasteiger partial charge on any atom is -0.265 e. The molecule has 0 bridgehead atoms. The number of hydrogen-bond donors (Lipinski definition) is 0. The topological polar surface area (TPSA) is 38.7 Å². The average Bonchev–Trinajstić information content (AvgIpc) is 2.19. The van der Waals surface area contributed by atoms with Crippen LogP contribution < -0.4 is 0 Å². The van der Waals surface area contributed by atoms with Crippen LogP contribution >= 0.6 is 15.9 Å². The third-order valence-corrected chi connectivity index (χ3v) is 2.03. The summed E-state index contributed by atoms with van der Waals surface area (Å²) in [4.78, 5) is 3.93. The van der Waals surface area contributed by atoms with Crippen molar-refractivity contribution in [2.24, 2.45) is 0 Å². The minimum atomic E-state index is 0.844. The van der Waals surface area contributed by atoms with E-state index in [1.165, 1.54) is 0 Å². The SMILES string of the molecule is Brc1cnnc(-c2ccncc2)c1. The molecule has 0 atom stereocenters. The molecule has 0 saturated heterocycles. The lowest BCUT2D eigenvalue weighted by Crippen LogP contribution is -1.86. The van der Waals surface area contributed by atoms with Crippen molar-refractivity contribution in [3.05, 3.63) is 41.3 Å². The van der Waals surface area contributed by atoms with Gasteiger partial charge in [0, 0.05) is 22.4 Å². The third-order valence-electron chi connectivity index (χ3n) is 1.60. The zero-order chi connectivity index (χ0) is 9.10. The molecule has 0 aromatic carbocycles. The van der Waals surface area contributed by atoms with Crippen LogP contribution in [-0.2, 0) is 0 Å². The van der Waals surface area contributed by atoms with E-state index in [1.807, 2.05) is 18.2 Å². The van der Waals surface area contributed by atoms with E-state index >= 15 is 0 Å². The molecular weight excluding hydrogens is 230 g/mol. The first-order valence-electron chi connectivity index (χ1n) is 3.75. The van der Waals surface area contributed by atoms with E-state index in [1.54, 1.807) is 18.6 Å². The van der Waals surface area contributed by atoms with Crippen LogP contribution in [0, 0.1) is 0 Å². The molecule has 0 saturated carbocycles. The standard InChI is InChI=1S/C9H6BrN3/c10-8-5-9(13-12-6-8)7-1-3-11-4-2-7/h1-6H. The largest absolute Gasteiger partial charge is 0.265 e. The number of halogens is 1. The van der Waals surface area contributed by atoms with E-state index in [-0.39, 0.29) is 0 Å². The number of aromatic nitrogens is 3. The molecule has 0 N–H and O–H groups in total. The van der Waals surface area contributed by atoms with Crippen molar-refractivity contribution in [3.8, 4) is 11.3 Å². The summed E-state index contributed by atoms with van der Waals surface area (Å²) in [7, 11) is 0. The summed E-state index contributed by atoms with van der Waals surface area (Å²) in [6, 6.07) is 5.72. The van der Waals surface area contributed by atoms with Crippen molar-refractivity contribution in [1.29, 1.82) is 0 Å². The highest BCUT2D eigenvalue weighted by Gasteiger charge is 1.98. The van der Waals surface area contributed by atoms with Gasteiger partial charge in [0.2, 0.25) is 0 Å². The van der Waals surface area contributed by atoms with Crippen LogP contribution in [0.25, 0.3) is 11.3 Å². The second kappa shape index (κ2) is 3.62. The molecule has 0 amide bonds. The van der Waals surface area contributed by atoms with Gasteiger partial charge in [-0.1, -0.05) is 0 Å². The van der Waals surface area contributed by atoms with Crippen molar-refractivity contribution in [1.82, 2.24) is 15.2 Å². The first-order valence-corrected chi connectivity index (χ1v) is 4.54. The second-order valence-corrected chi connectivity index (χ2v) is 3.41. The summed E-state index contributed by atoms with van der Waals surface area (Å²) < 4.78 is 0.925. The smallest absolute Gasteiger partial charge is 0.0941 e. The molecule has 0 radical (unpaired) electrons. The van der Waals surface area contributed by atoms with Gasteiger partial charge in [0.15, 0.2) is 0 Å². The third kappa shape index (κ3) is 1.89. The van der Waals surface area contributed by atoms with Crippen LogP contribution in [0.15, 0.2) is 41.3 Å². The monoisotopic (exact) mass is 235 g/mol. The molecule has 0 fully saturated rings. The van der Waals surface area contributed by atoms with Crippen LogP contribution in [-0.4, -0.2) is 15.2 Å². The molecule has 0 aliphatic rings. The Labute approximate surface area is 84.0 Å². The summed E-state index contributed by atoms with van der Waals surface area (Å²) in [5.41, 5.74) is 1.86. The fraction of sp³-hybridized carbons (Fsp3) is 0. The highest BCUT2D eigenvalue weighted by Crippen LogP contribution is 2.17. The minimum absolute atomic E-state index is 0.844. The summed E-state index contributed by atoms with van der Waals surface area (Å²) in [6.07, 6.45) is 5.13. The average molecular weight is 236 g/mol. The van der Waals surface area contributed by atoms with Gasteiger partial charge in [-0.25, -0.2) is 0 Å². The van der Waals surface area contributed by atoms with E-state index < -0.39 is 0 Å². The molecule has 2 aromatic rings. The Kier molecular flexibility index (Phi) is 2.31. The zero-order valence-electron chi connectivity index (χ0n) is 6.68. The van der Waals surface area contributed by atoms with Crippen molar-refractivity contribution in [2.75, 3.05) is 0 Å². The lowest BCUT2D eigenvalue weighted by atomic mass is 10.2. The van der Waals surface area contributed by atoms with Gasteiger partial charge in [0.25, 0.3) is 0 Å². The zero-order valence-corrected chi connectivity index (χ0v) is 8.27. The van der Waals surface area contributed by atoms with Crippen LogP contribution in [0.1, 0.15) is 0 Å². The Balaban J connectivity index is 2.48. The lowest BCUT2D eigenvalue weighted by molar-refractivity contribution is 1.03. The molecule has 0 unspecified atom stereocenters. The fourth-order valence-electron chi connectivity index (χ4n) is 1.01. The normalized spacial score (nSPS) is 9.92. The van der Waals surface area contributed by atoms with Crippen molar-refractivity contribution < 1.29 is 0 Å². The molecule has 13 heavy (non-hydrogen) atoms. The van der Waals surface area contributed by atoms with E-state index in [2.05, 4.69) is 31.1 Å². The summed E-state index contributed by atoms with van der Waals surface area (Å²) in [6.45, 7) is 0. The Morgan fingerprint density at radius 1 is 1.15 bits per heavy atom. The van der Waals surface area contributed by atoms with Gasteiger partial charge in [-0.05, 0) is 34.1 Å². The molecule has 0 aliphatic heterocycles. The van der Waals surface area contributed by atoms with Crippen molar-refractivity contribution >= 4 is 15.9 Å². The summed E-state index contributed by atoms with van der Waals surface area (Å²) in [5.74, 6) is 0. The highest BCUT2D eigenvalue weighted by atomic mass is 79.9. The maximum atomic E-state index is 4.00. The number of pyridine rings is 1. The van der Waals surface area contributed by atoms with Crippen LogP contribution in [0.5, 0.6) is 0 Å². The first-order chi connectivity index (χ1) is 6.36. The maximum absolute atomic E-state index is 4.00. The fourth-order valence-corrected chi connectivity index (χ4v) is 1.32. The van der Waals surface area contributed by atoms with Gasteiger partial charge < -0.3 is 0 Å². The molecular formula is C9H6BrN3.